The Kier molecular flexibility index (Phi) is 22.9. The first kappa shape index (κ1) is 53.5. The molecule has 0 aliphatic rings. The van der Waals surface area contributed by atoms with Gasteiger partial charge in [0.1, 0.15) is 0 Å². The van der Waals surface area contributed by atoms with Crippen LogP contribution < -0.4 is 37.9 Å². The number of methoxy groups -OCH3 is 8. The van der Waals surface area contributed by atoms with Gasteiger partial charge in [-0.15, -0.1) is 0 Å². The zero-order chi connectivity index (χ0) is 47.3. The van der Waals surface area contributed by atoms with Gasteiger partial charge in [0.25, 0.3) is 0 Å². The highest BCUT2D eigenvalue weighted by Crippen LogP contribution is 2.37. The summed E-state index contributed by atoms with van der Waals surface area (Å²) in [7, 11) is 13.0. The summed E-state index contributed by atoms with van der Waals surface area (Å²) in [5, 5.41) is 41.3. The molecular formula is C52H76O12. The van der Waals surface area contributed by atoms with Crippen LogP contribution in [0.4, 0.5) is 0 Å². The van der Waals surface area contributed by atoms with Gasteiger partial charge in [-0.25, -0.2) is 0 Å². The lowest BCUT2D eigenvalue weighted by Gasteiger charge is -2.31. The van der Waals surface area contributed by atoms with Crippen LogP contribution in [0.3, 0.4) is 0 Å². The van der Waals surface area contributed by atoms with E-state index in [2.05, 4.69) is 0 Å². The van der Waals surface area contributed by atoms with Crippen molar-refractivity contribution < 1.29 is 58.3 Å². The summed E-state index contributed by atoms with van der Waals surface area (Å²) < 4.78 is 43.3. The molecule has 0 saturated heterocycles. The fourth-order valence-electron chi connectivity index (χ4n) is 8.49. The van der Waals surface area contributed by atoms with Gasteiger partial charge < -0.3 is 58.3 Å². The largest absolute Gasteiger partial charge is 0.493 e. The van der Waals surface area contributed by atoms with Gasteiger partial charge in [0.05, 0.1) is 81.3 Å². The smallest absolute Gasteiger partial charge is 0.160 e. The van der Waals surface area contributed by atoms with Crippen LogP contribution in [0.15, 0.2) is 72.8 Å². The zero-order valence-corrected chi connectivity index (χ0v) is 40.3. The van der Waals surface area contributed by atoms with Crippen LogP contribution in [0.25, 0.3) is 0 Å². The molecule has 0 aliphatic heterocycles. The molecule has 12 heteroatoms. The van der Waals surface area contributed by atoms with Gasteiger partial charge in [-0.2, -0.15) is 0 Å². The molecule has 0 unspecified atom stereocenters. The quantitative estimate of drug-likeness (QED) is 0.0478. The predicted octanol–water partition coefficient (Wildman–Crippen LogP) is 8.56. The molecule has 4 aromatic rings. The summed E-state index contributed by atoms with van der Waals surface area (Å²) in [5.41, 5.74) is 4.36. The van der Waals surface area contributed by atoms with Crippen LogP contribution >= 0.6 is 0 Å². The fourth-order valence-corrected chi connectivity index (χ4v) is 8.49. The van der Waals surface area contributed by atoms with Crippen LogP contribution in [0.1, 0.15) is 75.6 Å². The van der Waals surface area contributed by atoms with E-state index in [1.165, 1.54) is 0 Å². The first-order chi connectivity index (χ1) is 30.6. The Balaban J connectivity index is 0.000000340. The number of aliphatic hydroxyl groups excluding tert-OH is 4. The molecule has 0 aromatic heterocycles. The molecule has 4 rings (SSSR count). The molecule has 8 atom stereocenters. The summed E-state index contributed by atoms with van der Waals surface area (Å²) in [5.74, 6) is 5.79. The topological polar surface area (TPSA) is 155 Å². The molecule has 0 spiro atoms. The standard InChI is InChI=1S/2C26H38O6/c2*1-17(27)7-10-21(13-19-8-11-23(29-3)25(15-19)31-5)22(18(2)28)14-20-9-12-24(30-4)26(16-20)32-6/h2*8-9,11-12,15-18,21-22,27-28H,7,10,13-14H2,1-6H3/t17-,18-,21+,22-;17-,18-,21-,22+/m11/s1. The summed E-state index contributed by atoms with van der Waals surface area (Å²) >= 11 is 0. The van der Waals surface area contributed by atoms with E-state index in [1.807, 2.05) is 86.6 Å². The average Bonchev–Trinajstić information content (AvgIpc) is 3.29. The Bertz CT molecular complexity index is 1810. The van der Waals surface area contributed by atoms with E-state index >= 15 is 0 Å². The van der Waals surface area contributed by atoms with E-state index in [1.54, 1.807) is 70.7 Å². The summed E-state index contributed by atoms with van der Waals surface area (Å²) in [6.45, 7) is 7.29. The summed E-state index contributed by atoms with van der Waals surface area (Å²) in [6, 6.07) is 23.6. The molecule has 4 aromatic carbocycles. The SMILES string of the molecule is COc1ccc(C[C@@H](CC[C@@H](C)O)[C@@H](Cc2ccc(OC)c(OC)c2)[C@@H](C)O)cc1OC.COc1ccc(C[C@H](CC[C@@H](C)O)[C@H](Cc2ccc(OC)c(OC)c2)[C@@H](C)O)cc1OC. The monoisotopic (exact) mass is 893 g/mol. The normalized spacial score (nSPS) is 14.9. The van der Waals surface area contributed by atoms with Crippen molar-refractivity contribution in [3.63, 3.8) is 0 Å². The zero-order valence-electron chi connectivity index (χ0n) is 40.3. The Morgan fingerprint density at radius 3 is 0.766 bits per heavy atom. The summed E-state index contributed by atoms with van der Waals surface area (Å²) in [4.78, 5) is 0. The van der Waals surface area contributed by atoms with Gasteiger partial charge in [-0.1, -0.05) is 24.3 Å². The Labute approximate surface area is 382 Å². The van der Waals surface area contributed by atoms with Crippen molar-refractivity contribution in [3.8, 4) is 46.0 Å². The Morgan fingerprint density at radius 2 is 0.562 bits per heavy atom. The van der Waals surface area contributed by atoms with Crippen LogP contribution in [-0.4, -0.2) is 102 Å². The highest BCUT2D eigenvalue weighted by molar-refractivity contribution is 5.46. The van der Waals surface area contributed by atoms with E-state index < -0.39 is 24.4 Å². The molecule has 0 saturated carbocycles. The van der Waals surface area contributed by atoms with Crippen LogP contribution in [-0.2, 0) is 25.7 Å². The second kappa shape index (κ2) is 27.4. The summed E-state index contributed by atoms with van der Waals surface area (Å²) in [6.07, 6.45) is 4.04. The first-order valence-corrected chi connectivity index (χ1v) is 22.2. The van der Waals surface area contributed by atoms with Crippen molar-refractivity contribution in [1.82, 2.24) is 0 Å². The third-order valence-electron chi connectivity index (χ3n) is 12.1. The molecule has 0 aliphatic carbocycles. The van der Waals surface area contributed by atoms with Crippen molar-refractivity contribution in [3.05, 3.63) is 95.1 Å². The number of hydrogen-bond acceptors (Lipinski definition) is 12. The van der Waals surface area contributed by atoms with Crippen molar-refractivity contribution in [2.24, 2.45) is 23.7 Å². The molecule has 0 radical (unpaired) electrons. The van der Waals surface area contributed by atoms with E-state index in [-0.39, 0.29) is 23.7 Å². The Morgan fingerprint density at radius 1 is 0.328 bits per heavy atom. The van der Waals surface area contributed by atoms with Crippen molar-refractivity contribution in [1.29, 1.82) is 0 Å². The number of benzene rings is 4. The first-order valence-electron chi connectivity index (χ1n) is 22.2. The molecule has 0 fully saturated rings. The van der Waals surface area contributed by atoms with Crippen molar-refractivity contribution in [2.75, 3.05) is 56.9 Å². The van der Waals surface area contributed by atoms with E-state index in [0.717, 1.165) is 47.9 Å². The van der Waals surface area contributed by atoms with E-state index in [9.17, 15) is 20.4 Å². The van der Waals surface area contributed by atoms with Gasteiger partial charge in [-0.05, 0) is 174 Å². The van der Waals surface area contributed by atoms with E-state index in [0.29, 0.717) is 71.7 Å². The Hall–Kier alpha value is -4.88. The molecular weight excluding hydrogens is 817 g/mol. The van der Waals surface area contributed by atoms with Crippen LogP contribution in [0.2, 0.25) is 0 Å². The highest BCUT2D eigenvalue weighted by Gasteiger charge is 2.29. The lowest BCUT2D eigenvalue weighted by atomic mass is 9.77. The highest BCUT2D eigenvalue weighted by atomic mass is 16.5. The third-order valence-corrected chi connectivity index (χ3v) is 12.1. The lowest BCUT2D eigenvalue weighted by Crippen LogP contribution is -2.30. The minimum atomic E-state index is -0.512. The van der Waals surface area contributed by atoms with E-state index in [4.69, 9.17) is 37.9 Å². The molecule has 0 bridgehead atoms. The number of aliphatic hydroxyl groups is 4. The molecule has 4 N–H and O–H groups in total. The maximum absolute atomic E-state index is 10.7. The molecule has 356 valence electrons. The molecule has 64 heavy (non-hydrogen) atoms. The van der Waals surface area contributed by atoms with Gasteiger partial charge >= 0.3 is 0 Å². The second-order valence-corrected chi connectivity index (χ2v) is 16.8. The van der Waals surface area contributed by atoms with Gasteiger partial charge in [0.2, 0.25) is 0 Å². The molecule has 12 nitrogen and oxygen atoms in total. The fraction of sp³-hybridized carbons (Fsp3) is 0.538. The van der Waals surface area contributed by atoms with Gasteiger partial charge in [0, 0.05) is 0 Å². The third kappa shape index (κ3) is 16.3. The average molecular weight is 893 g/mol. The minimum Gasteiger partial charge on any atom is -0.493 e. The van der Waals surface area contributed by atoms with Gasteiger partial charge in [0.15, 0.2) is 46.0 Å². The lowest BCUT2D eigenvalue weighted by molar-refractivity contribution is 0.0750. The van der Waals surface area contributed by atoms with Crippen LogP contribution in [0, 0.1) is 23.7 Å². The maximum Gasteiger partial charge on any atom is 0.160 e. The molecule has 0 heterocycles. The number of hydrogen-bond donors (Lipinski definition) is 4. The van der Waals surface area contributed by atoms with Crippen molar-refractivity contribution >= 4 is 0 Å². The number of rotatable bonds is 26. The van der Waals surface area contributed by atoms with Gasteiger partial charge in [-0.3, -0.25) is 0 Å². The second-order valence-electron chi connectivity index (χ2n) is 16.8. The minimum absolute atomic E-state index is 0.0000485. The van der Waals surface area contributed by atoms with Crippen LogP contribution in [0.5, 0.6) is 46.0 Å². The van der Waals surface area contributed by atoms with Crippen molar-refractivity contribution in [2.45, 2.75) is 103 Å². The maximum atomic E-state index is 10.7. The molecule has 0 amide bonds. The number of ether oxygens (including phenoxy) is 8. The predicted molar refractivity (Wildman–Crippen MR) is 252 cm³/mol.